The molecule has 0 unspecified atom stereocenters. The molecule has 0 heterocycles. The van der Waals surface area contributed by atoms with Crippen molar-refractivity contribution in [2.75, 3.05) is 0 Å². The Kier molecular flexibility index (Phi) is 3.97. The summed E-state index contributed by atoms with van der Waals surface area (Å²) in [5.74, 6) is 1.09. The van der Waals surface area contributed by atoms with Crippen LogP contribution in [0.3, 0.4) is 0 Å². The zero-order valence-corrected chi connectivity index (χ0v) is 9.92. The standard InChI is InChI=1S/C12H23NO/c1-9(2)13(11(4)14)12-7-5-10(3)6-8-12/h9-10,12H,5-8H2,1-4H3. The molecule has 0 N–H and O–H groups in total. The number of rotatable bonds is 2. The van der Waals surface area contributed by atoms with Gasteiger partial charge in [-0.05, 0) is 45.4 Å². The number of amides is 1. The van der Waals surface area contributed by atoms with E-state index in [1.165, 1.54) is 25.7 Å². The van der Waals surface area contributed by atoms with E-state index in [1.54, 1.807) is 6.92 Å². The molecule has 0 spiro atoms. The van der Waals surface area contributed by atoms with Gasteiger partial charge >= 0.3 is 0 Å². The lowest BCUT2D eigenvalue weighted by molar-refractivity contribution is -0.134. The van der Waals surface area contributed by atoms with Crippen molar-refractivity contribution in [3.63, 3.8) is 0 Å². The average molecular weight is 197 g/mol. The van der Waals surface area contributed by atoms with Crippen molar-refractivity contribution in [2.24, 2.45) is 5.92 Å². The molecule has 1 amide bonds. The van der Waals surface area contributed by atoms with Gasteiger partial charge in [-0.3, -0.25) is 4.79 Å². The van der Waals surface area contributed by atoms with Crippen LogP contribution in [-0.2, 0) is 4.79 Å². The summed E-state index contributed by atoms with van der Waals surface area (Å²) < 4.78 is 0. The first-order chi connectivity index (χ1) is 6.52. The third kappa shape index (κ3) is 2.73. The van der Waals surface area contributed by atoms with Crippen LogP contribution < -0.4 is 0 Å². The predicted molar refractivity (Wildman–Crippen MR) is 59.1 cm³/mol. The number of carbonyl (C=O) groups is 1. The second-order valence-electron chi connectivity index (χ2n) is 4.93. The van der Waals surface area contributed by atoms with Crippen LogP contribution in [0.25, 0.3) is 0 Å². The monoisotopic (exact) mass is 197 g/mol. The first-order valence-corrected chi connectivity index (χ1v) is 5.81. The maximum atomic E-state index is 11.5. The molecule has 1 aliphatic rings. The minimum atomic E-state index is 0.236. The van der Waals surface area contributed by atoms with E-state index in [4.69, 9.17) is 0 Å². The van der Waals surface area contributed by atoms with Gasteiger partial charge in [-0.15, -0.1) is 0 Å². The van der Waals surface area contributed by atoms with Crippen LogP contribution in [0.15, 0.2) is 0 Å². The Hall–Kier alpha value is -0.530. The van der Waals surface area contributed by atoms with Crippen molar-refractivity contribution in [3.05, 3.63) is 0 Å². The van der Waals surface area contributed by atoms with Crippen LogP contribution >= 0.6 is 0 Å². The largest absolute Gasteiger partial charge is 0.338 e. The van der Waals surface area contributed by atoms with E-state index in [1.807, 2.05) is 0 Å². The van der Waals surface area contributed by atoms with Crippen LogP contribution in [-0.4, -0.2) is 22.9 Å². The number of hydrogen-bond acceptors (Lipinski definition) is 1. The summed E-state index contributed by atoms with van der Waals surface area (Å²) in [5.41, 5.74) is 0. The third-order valence-electron chi connectivity index (χ3n) is 3.30. The summed E-state index contributed by atoms with van der Waals surface area (Å²) in [4.78, 5) is 13.6. The van der Waals surface area contributed by atoms with Gasteiger partial charge in [0.25, 0.3) is 0 Å². The van der Waals surface area contributed by atoms with Gasteiger partial charge in [0, 0.05) is 19.0 Å². The Morgan fingerprint density at radius 3 is 2.07 bits per heavy atom. The lowest BCUT2D eigenvalue weighted by Crippen LogP contribution is -2.45. The molecule has 2 heteroatoms. The molecule has 14 heavy (non-hydrogen) atoms. The quantitative estimate of drug-likeness (QED) is 0.666. The van der Waals surface area contributed by atoms with E-state index >= 15 is 0 Å². The zero-order chi connectivity index (χ0) is 10.7. The lowest BCUT2D eigenvalue weighted by atomic mass is 9.86. The first kappa shape index (κ1) is 11.5. The SMILES string of the molecule is CC(=O)N(C(C)C)C1CCC(C)CC1. The molecule has 0 aromatic rings. The highest BCUT2D eigenvalue weighted by Crippen LogP contribution is 2.28. The lowest BCUT2D eigenvalue weighted by Gasteiger charge is -2.38. The zero-order valence-electron chi connectivity index (χ0n) is 9.92. The van der Waals surface area contributed by atoms with Gasteiger partial charge in [-0.25, -0.2) is 0 Å². The topological polar surface area (TPSA) is 20.3 Å². The van der Waals surface area contributed by atoms with E-state index in [9.17, 15) is 4.79 Å². The van der Waals surface area contributed by atoms with Crippen molar-refractivity contribution in [2.45, 2.75) is 65.5 Å². The Labute approximate surface area is 87.7 Å². The molecule has 1 rings (SSSR count). The molecule has 1 aliphatic carbocycles. The molecule has 1 fully saturated rings. The van der Waals surface area contributed by atoms with E-state index in [0.717, 1.165) is 5.92 Å². The molecule has 0 aromatic heterocycles. The average Bonchev–Trinajstić information content (AvgIpc) is 2.07. The summed E-state index contributed by atoms with van der Waals surface area (Å²) in [6, 6.07) is 0.856. The molecule has 1 saturated carbocycles. The van der Waals surface area contributed by atoms with Crippen molar-refractivity contribution in [1.82, 2.24) is 4.90 Å². The predicted octanol–water partition coefficient (Wildman–Crippen LogP) is 2.82. The van der Waals surface area contributed by atoms with Gasteiger partial charge in [0.1, 0.15) is 0 Å². The van der Waals surface area contributed by atoms with Gasteiger partial charge in [0.15, 0.2) is 0 Å². The fourth-order valence-corrected chi connectivity index (χ4v) is 2.56. The molecule has 0 atom stereocenters. The maximum absolute atomic E-state index is 11.5. The van der Waals surface area contributed by atoms with E-state index < -0.39 is 0 Å². The molecule has 0 radical (unpaired) electrons. The summed E-state index contributed by atoms with van der Waals surface area (Å²) in [7, 11) is 0. The second kappa shape index (κ2) is 4.81. The third-order valence-corrected chi connectivity index (χ3v) is 3.30. The molecule has 0 aliphatic heterocycles. The molecule has 0 aromatic carbocycles. The first-order valence-electron chi connectivity index (χ1n) is 5.81. The number of nitrogens with zero attached hydrogens (tertiary/aromatic N) is 1. The van der Waals surface area contributed by atoms with Crippen molar-refractivity contribution < 1.29 is 4.79 Å². The van der Waals surface area contributed by atoms with Crippen molar-refractivity contribution >= 4 is 5.91 Å². The van der Waals surface area contributed by atoms with Gasteiger partial charge in [0.05, 0.1) is 0 Å². The second-order valence-corrected chi connectivity index (χ2v) is 4.93. The maximum Gasteiger partial charge on any atom is 0.219 e. The fourth-order valence-electron chi connectivity index (χ4n) is 2.56. The normalized spacial score (nSPS) is 27.8. The molecule has 2 nitrogen and oxygen atoms in total. The van der Waals surface area contributed by atoms with Gasteiger partial charge in [-0.2, -0.15) is 0 Å². The Bertz CT molecular complexity index is 192. The van der Waals surface area contributed by atoms with Crippen molar-refractivity contribution in [1.29, 1.82) is 0 Å². The molecule has 0 saturated heterocycles. The fraction of sp³-hybridized carbons (Fsp3) is 0.917. The van der Waals surface area contributed by atoms with Gasteiger partial charge in [0.2, 0.25) is 5.91 Å². The Morgan fingerprint density at radius 1 is 1.21 bits per heavy atom. The highest BCUT2D eigenvalue weighted by atomic mass is 16.2. The molecule has 82 valence electrons. The van der Waals surface area contributed by atoms with Gasteiger partial charge in [-0.1, -0.05) is 6.92 Å². The highest BCUT2D eigenvalue weighted by Gasteiger charge is 2.27. The van der Waals surface area contributed by atoms with Crippen LogP contribution in [0.5, 0.6) is 0 Å². The Morgan fingerprint density at radius 2 is 1.71 bits per heavy atom. The van der Waals surface area contributed by atoms with Crippen LogP contribution in [0.1, 0.15) is 53.4 Å². The van der Waals surface area contributed by atoms with E-state index in [2.05, 4.69) is 25.7 Å². The molecular weight excluding hydrogens is 174 g/mol. The number of carbonyl (C=O) groups excluding carboxylic acids is 1. The molecular formula is C12H23NO. The number of hydrogen-bond donors (Lipinski definition) is 0. The highest BCUT2D eigenvalue weighted by molar-refractivity contribution is 5.73. The summed E-state index contributed by atoms with van der Waals surface area (Å²) >= 11 is 0. The summed E-state index contributed by atoms with van der Waals surface area (Å²) in [5, 5.41) is 0. The summed E-state index contributed by atoms with van der Waals surface area (Å²) in [6.07, 6.45) is 4.94. The van der Waals surface area contributed by atoms with Crippen molar-refractivity contribution in [3.8, 4) is 0 Å². The van der Waals surface area contributed by atoms with Crippen LogP contribution in [0, 0.1) is 5.92 Å². The van der Waals surface area contributed by atoms with E-state index in [-0.39, 0.29) is 5.91 Å². The minimum absolute atomic E-state index is 0.236. The molecule has 0 bridgehead atoms. The smallest absolute Gasteiger partial charge is 0.219 e. The van der Waals surface area contributed by atoms with Crippen LogP contribution in [0.4, 0.5) is 0 Å². The van der Waals surface area contributed by atoms with E-state index in [0.29, 0.717) is 12.1 Å². The van der Waals surface area contributed by atoms with Gasteiger partial charge < -0.3 is 4.90 Å². The van der Waals surface area contributed by atoms with Crippen LogP contribution in [0.2, 0.25) is 0 Å². The Balaban J connectivity index is 2.56. The minimum Gasteiger partial charge on any atom is -0.338 e. The summed E-state index contributed by atoms with van der Waals surface area (Å²) in [6.45, 7) is 8.22.